The van der Waals surface area contributed by atoms with Gasteiger partial charge in [0.15, 0.2) is 0 Å². The summed E-state index contributed by atoms with van der Waals surface area (Å²) in [5, 5.41) is 9.03. The van der Waals surface area contributed by atoms with Gasteiger partial charge in [0, 0.05) is 11.0 Å². The average molecular weight is 298 g/mol. The van der Waals surface area contributed by atoms with Crippen LogP contribution >= 0.6 is 11.8 Å². The highest BCUT2D eigenvalue weighted by molar-refractivity contribution is 7.98. The number of benzene rings is 2. The fourth-order valence-electron chi connectivity index (χ4n) is 2.17. The molecule has 2 aromatic carbocycles. The van der Waals surface area contributed by atoms with E-state index in [1.807, 2.05) is 30.3 Å². The Morgan fingerprint density at radius 3 is 2.33 bits per heavy atom. The summed E-state index contributed by atoms with van der Waals surface area (Å²) < 4.78 is 0. The zero-order chi connectivity index (χ0) is 15.1. The minimum Gasteiger partial charge on any atom is -0.478 e. The first-order valence-electron chi connectivity index (χ1n) is 6.81. The number of thioether (sulfide) groups is 1. The Kier molecular flexibility index (Phi) is 5.64. The molecule has 2 rings (SSSR count). The SMILES string of the molecule is CSc1ccc(CC/C(=C\C(=O)O)c2ccccc2)cc1. The maximum absolute atomic E-state index is 11.0. The Morgan fingerprint density at radius 2 is 1.76 bits per heavy atom. The van der Waals surface area contributed by atoms with Crippen LogP contribution in [0.5, 0.6) is 0 Å². The molecule has 1 N–H and O–H groups in total. The monoisotopic (exact) mass is 298 g/mol. The lowest BCUT2D eigenvalue weighted by atomic mass is 9.98. The van der Waals surface area contributed by atoms with Crippen LogP contribution in [-0.2, 0) is 11.2 Å². The summed E-state index contributed by atoms with van der Waals surface area (Å²) in [6, 6.07) is 18.1. The van der Waals surface area contributed by atoms with E-state index < -0.39 is 5.97 Å². The molecule has 0 aromatic heterocycles. The summed E-state index contributed by atoms with van der Waals surface area (Å²) in [7, 11) is 0. The Morgan fingerprint density at radius 1 is 1.10 bits per heavy atom. The molecule has 21 heavy (non-hydrogen) atoms. The Hall–Kier alpha value is -2.00. The lowest BCUT2D eigenvalue weighted by Crippen LogP contribution is -1.95. The van der Waals surface area contributed by atoms with Crippen molar-refractivity contribution in [2.45, 2.75) is 17.7 Å². The average Bonchev–Trinajstić information content (AvgIpc) is 2.52. The molecule has 0 heterocycles. The highest BCUT2D eigenvalue weighted by Gasteiger charge is 2.05. The van der Waals surface area contributed by atoms with Crippen LogP contribution in [0.25, 0.3) is 5.57 Å². The van der Waals surface area contributed by atoms with Crippen molar-refractivity contribution in [3.8, 4) is 0 Å². The van der Waals surface area contributed by atoms with Crippen molar-refractivity contribution in [3.63, 3.8) is 0 Å². The minimum absolute atomic E-state index is 0.717. The van der Waals surface area contributed by atoms with E-state index in [0.717, 1.165) is 24.0 Å². The summed E-state index contributed by atoms with van der Waals surface area (Å²) in [6.45, 7) is 0. The van der Waals surface area contributed by atoms with Gasteiger partial charge in [0.1, 0.15) is 0 Å². The second kappa shape index (κ2) is 7.70. The number of hydrogen-bond acceptors (Lipinski definition) is 2. The molecule has 2 aromatic rings. The standard InChI is InChI=1S/C18H18O2S/c1-21-17-11-8-14(9-12-17)7-10-16(13-18(19)20)15-5-3-2-4-6-15/h2-6,8-9,11-13H,7,10H2,1H3,(H,19,20)/b16-13+. The van der Waals surface area contributed by atoms with Crippen molar-refractivity contribution >= 4 is 23.3 Å². The quantitative estimate of drug-likeness (QED) is 0.630. The number of aliphatic carboxylic acids is 1. The molecule has 108 valence electrons. The van der Waals surface area contributed by atoms with Gasteiger partial charge < -0.3 is 5.11 Å². The van der Waals surface area contributed by atoms with Crippen molar-refractivity contribution < 1.29 is 9.90 Å². The number of hydrogen-bond donors (Lipinski definition) is 1. The fourth-order valence-corrected chi connectivity index (χ4v) is 2.58. The van der Waals surface area contributed by atoms with Gasteiger partial charge in [-0.05, 0) is 47.9 Å². The van der Waals surface area contributed by atoms with Crippen LogP contribution < -0.4 is 0 Å². The summed E-state index contributed by atoms with van der Waals surface area (Å²) in [5.74, 6) is -0.897. The van der Waals surface area contributed by atoms with Crippen molar-refractivity contribution in [1.82, 2.24) is 0 Å². The zero-order valence-corrected chi connectivity index (χ0v) is 12.8. The minimum atomic E-state index is -0.897. The maximum atomic E-state index is 11.0. The molecule has 0 atom stereocenters. The molecule has 0 saturated carbocycles. The first kappa shape index (κ1) is 15.4. The number of carbonyl (C=O) groups is 1. The molecule has 0 saturated heterocycles. The van der Waals surface area contributed by atoms with E-state index in [9.17, 15) is 4.79 Å². The second-order valence-corrected chi connectivity index (χ2v) is 5.60. The molecule has 0 aliphatic carbocycles. The van der Waals surface area contributed by atoms with E-state index in [1.165, 1.54) is 16.5 Å². The molecule has 2 nitrogen and oxygen atoms in total. The molecule has 0 aliphatic heterocycles. The molecule has 0 radical (unpaired) electrons. The summed E-state index contributed by atoms with van der Waals surface area (Å²) in [6.07, 6.45) is 4.92. The van der Waals surface area contributed by atoms with Gasteiger partial charge in [-0.3, -0.25) is 0 Å². The second-order valence-electron chi connectivity index (χ2n) is 4.72. The lowest BCUT2D eigenvalue weighted by Gasteiger charge is -2.08. The highest BCUT2D eigenvalue weighted by atomic mass is 32.2. The van der Waals surface area contributed by atoms with Gasteiger partial charge in [0.2, 0.25) is 0 Å². The third-order valence-electron chi connectivity index (χ3n) is 3.28. The number of aryl methyl sites for hydroxylation is 1. The van der Waals surface area contributed by atoms with E-state index in [1.54, 1.807) is 11.8 Å². The molecular formula is C18H18O2S. The molecule has 3 heteroatoms. The normalized spacial score (nSPS) is 11.4. The number of allylic oxidation sites excluding steroid dienone is 1. The lowest BCUT2D eigenvalue weighted by molar-refractivity contribution is -0.131. The van der Waals surface area contributed by atoms with Crippen LogP contribution in [-0.4, -0.2) is 17.3 Å². The third kappa shape index (κ3) is 4.80. The Bertz CT molecular complexity index is 615. The first-order chi connectivity index (χ1) is 10.2. The maximum Gasteiger partial charge on any atom is 0.328 e. The van der Waals surface area contributed by atoms with Gasteiger partial charge in [0.25, 0.3) is 0 Å². The molecule has 0 aliphatic rings. The van der Waals surface area contributed by atoms with E-state index in [0.29, 0.717) is 0 Å². The molecule has 0 fully saturated rings. The van der Waals surface area contributed by atoms with Crippen molar-refractivity contribution in [3.05, 3.63) is 71.8 Å². The highest BCUT2D eigenvalue weighted by Crippen LogP contribution is 2.22. The van der Waals surface area contributed by atoms with Gasteiger partial charge >= 0.3 is 5.97 Å². The zero-order valence-electron chi connectivity index (χ0n) is 12.0. The van der Waals surface area contributed by atoms with Crippen LogP contribution in [0.15, 0.2) is 65.6 Å². The van der Waals surface area contributed by atoms with Crippen molar-refractivity contribution in [1.29, 1.82) is 0 Å². The van der Waals surface area contributed by atoms with Crippen molar-refractivity contribution in [2.24, 2.45) is 0 Å². The topological polar surface area (TPSA) is 37.3 Å². The molecular weight excluding hydrogens is 280 g/mol. The fraction of sp³-hybridized carbons (Fsp3) is 0.167. The number of carboxylic acid groups (broad SMARTS) is 1. The van der Waals surface area contributed by atoms with Gasteiger partial charge in [0.05, 0.1) is 0 Å². The molecule has 0 unspecified atom stereocenters. The van der Waals surface area contributed by atoms with E-state index >= 15 is 0 Å². The smallest absolute Gasteiger partial charge is 0.328 e. The van der Waals surface area contributed by atoms with Crippen LogP contribution in [0.2, 0.25) is 0 Å². The predicted molar refractivity (Wildman–Crippen MR) is 88.6 cm³/mol. The largest absolute Gasteiger partial charge is 0.478 e. The first-order valence-corrected chi connectivity index (χ1v) is 8.03. The van der Waals surface area contributed by atoms with Gasteiger partial charge in [-0.25, -0.2) is 4.79 Å². The summed E-state index contributed by atoms with van der Waals surface area (Å²) in [4.78, 5) is 12.2. The number of rotatable bonds is 6. The van der Waals surface area contributed by atoms with Gasteiger partial charge in [-0.1, -0.05) is 42.5 Å². The van der Waals surface area contributed by atoms with Crippen molar-refractivity contribution in [2.75, 3.05) is 6.26 Å². The summed E-state index contributed by atoms with van der Waals surface area (Å²) in [5.41, 5.74) is 3.05. The number of carboxylic acids is 1. The van der Waals surface area contributed by atoms with Crippen LogP contribution in [0, 0.1) is 0 Å². The van der Waals surface area contributed by atoms with E-state index in [4.69, 9.17) is 5.11 Å². The van der Waals surface area contributed by atoms with Crippen LogP contribution in [0.3, 0.4) is 0 Å². The third-order valence-corrected chi connectivity index (χ3v) is 4.03. The summed E-state index contributed by atoms with van der Waals surface area (Å²) >= 11 is 1.72. The van der Waals surface area contributed by atoms with Gasteiger partial charge in [-0.15, -0.1) is 11.8 Å². The predicted octanol–water partition coefficient (Wildman–Crippen LogP) is 4.51. The van der Waals surface area contributed by atoms with Crippen LogP contribution in [0.1, 0.15) is 17.5 Å². The molecule has 0 bridgehead atoms. The van der Waals surface area contributed by atoms with E-state index in [2.05, 4.69) is 30.5 Å². The Labute approximate surface area is 129 Å². The molecule has 0 spiro atoms. The Balaban J connectivity index is 2.11. The molecule has 0 amide bonds. The van der Waals surface area contributed by atoms with Crippen LogP contribution in [0.4, 0.5) is 0 Å². The van der Waals surface area contributed by atoms with E-state index in [-0.39, 0.29) is 0 Å². The van der Waals surface area contributed by atoms with Gasteiger partial charge in [-0.2, -0.15) is 0 Å².